The van der Waals surface area contributed by atoms with E-state index in [2.05, 4.69) is 13.5 Å². The van der Waals surface area contributed by atoms with E-state index >= 15 is 0 Å². The standard InChI is InChI=1S/C15H20O3/c1-3-11(16)17-13-9-7-10-12-8(9)5-4-6-15(12,2)18-14(10)13/h3,8-10,12-14H,1,4-7H2,2H3. The topological polar surface area (TPSA) is 35.5 Å². The Bertz CT molecular complexity index is 416. The third-order valence-corrected chi connectivity index (χ3v) is 5.92. The zero-order valence-electron chi connectivity index (χ0n) is 10.8. The predicted molar refractivity (Wildman–Crippen MR) is 65.8 cm³/mol. The smallest absolute Gasteiger partial charge is 0.330 e. The summed E-state index contributed by atoms with van der Waals surface area (Å²) in [6.07, 6.45) is 6.34. The number of ether oxygens (including phenoxy) is 2. The van der Waals surface area contributed by atoms with Crippen LogP contribution >= 0.6 is 0 Å². The zero-order chi connectivity index (χ0) is 12.5. The Morgan fingerprint density at radius 1 is 1.44 bits per heavy atom. The quantitative estimate of drug-likeness (QED) is 0.555. The van der Waals surface area contributed by atoms with Crippen LogP contribution in [0.5, 0.6) is 0 Å². The van der Waals surface area contributed by atoms with Crippen LogP contribution in [0.1, 0.15) is 32.6 Å². The van der Waals surface area contributed by atoms with Crippen LogP contribution in [-0.2, 0) is 14.3 Å². The van der Waals surface area contributed by atoms with Crippen LogP contribution in [-0.4, -0.2) is 23.8 Å². The third kappa shape index (κ3) is 1.16. The van der Waals surface area contributed by atoms with Crippen molar-refractivity contribution in [1.29, 1.82) is 0 Å². The lowest BCUT2D eigenvalue weighted by atomic mass is 9.65. The summed E-state index contributed by atoms with van der Waals surface area (Å²) >= 11 is 0. The van der Waals surface area contributed by atoms with Crippen LogP contribution in [0.4, 0.5) is 0 Å². The molecule has 4 rings (SSSR count). The van der Waals surface area contributed by atoms with Gasteiger partial charge < -0.3 is 9.47 Å². The maximum Gasteiger partial charge on any atom is 0.330 e. The Morgan fingerprint density at radius 3 is 3.06 bits per heavy atom. The van der Waals surface area contributed by atoms with E-state index in [-0.39, 0.29) is 23.8 Å². The molecular weight excluding hydrogens is 228 g/mol. The number of esters is 1. The van der Waals surface area contributed by atoms with Crippen molar-refractivity contribution in [2.75, 3.05) is 0 Å². The van der Waals surface area contributed by atoms with Crippen LogP contribution in [0.15, 0.2) is 12.7 Å². The Morgan fingerprint density at radius 2 is 2.28 bits per heavy atom. The summed E-state index contributed by atoms with van der Waals surface area (Å²) in [7, 11) is 0. The minimum absolute atomic E-state index is 0.0123. The summed E-state index contributed by atoms with van der Waals surface area (Å²) in [5.74, 6) is 2.32. The van der Waals surface area contributed by atoms with Gasteiger partial charge in [0.25, 0.3) is 0 Å². The summed E-state index contributed by atoms with van der Waals surface area (Å²) in [6.45, 7) is 5.77. The lowest BCUT2D eigenvalue weighted by Gasteiger charge is -2.40. The van der Waals surface area contributed by atoms with Gasteiger partial charge in [-0.3, -0.25) is 0 Å². The summed E-state index contributed by atoms with van der Waals surface area (Å²) in [6, 6.07) is 0. The minimum atomic E-state index is -0.292. The van der Waals surface area contributed by atoms with Gasteiger partial charge in [0.1, 0.15) is 6.10 Å². The highest BCUT2D eigenvalue weighted by atomic mass is 16.6. The van der Waals surface area contributed by atoms with Crippen LogP contribution < -0.4 is 0 Å². The molecule has 4 fully saturated rings. The number of carbonyl (C=O) groups is 1. The van der Waals surface area contributed by atoms with Crippen molar-refractivity contribution >= 4 is 5.97 Å². The molecule has 3 saturated carbocycles. The van der Waals surface area contributed by atoms with Crippen LogP contribution in [0.3, 0.4) is 0 Å². The second kappa shape index (κ2) is 3.38. The van der Waals surface area contributed by atoms with Crippen molar-refractivity contribution in [3.63, 3.8) is 0 Å². The van der Waals surface area contributed by atoms with Gasteiger partial charge >= 0.3 is 5.97 Å². The molecule has 1 heterocycles. The molecule has 0 spiro atoms. The van der Waals surface area contributed by atoms with Gasteiger partial charge in [-0.05, 0) is 43.9 Å². The highest BCUT2D eigenvalue weighted by Gasteiger charge is 2.70. The lowest BCUT2D eigenvalue weighted by Crippen LogP contribution is -2.43. The molecule has 98 valence electrons. The van der Waals surface area contributed by atoms with E-state index < -0.39 is 0 Å². The fraction of sp³-hybridized carbons (Fsp3) is 0.800. The molecule has 0 aromatic carbocycles. The predicted octanol–water partition coefficient (Wildman–Crippen LogP) is 2.31. The summed E-state index contributed by atoms with van der Waals surface area (Å²) in [5.41, 5.74) is 0.0579. The van der Waals surface area contributed by atoms with Gasteiger partial charge in [-0.2, -0.15) is 0 Å². The first-order chi connectivity index (χ1) is 8.64. The molecular formula is C15H20O3. The van der Waals surface area contributed by atoms with Crippen molar-refractivity contribution < 1.29 is 14.3 Å². The maximum absolute atomic E-state index is 11.5. The fourth-order valence-electron chi connectivity index (χ4n) is 5.52. The van der Waals surface area contributed by atoms with Gasteiger partial charge in [0, 0.05) is 12.0 Å². The molecule has 3 nitrogen and oxygen atoms in total. The Labute approximate surface area is 108 Å². The molecule has 7 unspecified atom stereocenters. The monoisotopic (exact) mass is 248 g/mol. The molecule has 18 heavy (non-hydrogen) atoms. The van der Waals surface area contributed by atoms with Gasteiger partial charge in [0.15, 0.2) is 0 Å². The van der Waals surface area contributed by atoms with Crippen molar-refractivity contribution in [2.24, 2.45) is 23.7 Å². The van der Waals surface area contributed by atoms with Crippen molar-refractivity contribution in [1.82, 2.24) is 0 Å². The average molecular weight is 248 g/mol. The van der Waals surface area contributed by atoms with Gasteiger partial charge in [0.05, 0.1) is 11.7 Å². The molecule has 0 amide bonds. The van der Waals surface area contributed by atoms with Crippen molar-refractivity contribution in [3.05, 3.63) is 12.7 Å². The van der Waals surface area contributed by atoms with E-state index in [0.717, 1.165) is 11.8 Å². The summed E-state index contributed by atoms with van der Waals surface area (Å²) < 4.78 is 11.9. The van der Waals surface area contributed by atoms with Gasteiger partial charge in [-0.15, -0.1) is 0 Å². The molecule has 3 heteroatoms. The highest BCUT2D eigenvalue weighted by Crippen LogP contribution is 2.67. The van der Waals surface area contributed by atoms with E-state index in [1.54, 1.807) is 0 Å². The maximum atomic E-state index is 11.5. The van der Waals surface area contributed by atoms with Gasteiger partial charge in [-0.1, -0.05) is 13.0 Å². The molecule has 7 atom stereocenters. The first-order valence-electron chi connectivity index (χ1n) is 7.15. The molecule has 0 radical (unpaired) electrons. The summed E-state index contributed by atoms with van der Waals surface area (Å²) in [4.78, 5) is 11.5. The second-order valence-electron chi connectivity index (χ2n) is 6.65. The molecule has 4 aliphatic rings. The van der Waals surface area contributed by atoms with Crippen LogP contribution in [0.25, 0.3) is 0 Å². The molecule has 0 N–H and O–H groups in total. The first kappa shape index (κ1) is 11.0. The van der Waals surface area contributed by atoms with E-state index in [9.17, 15) is 4.79 Å². The molecule has 2 bridgehead atoms. The Hall–Kier alpha value is -0.830. The first-order valence-corrected chi connectivity index (χ1v) is 7.15. The Kier molecular flexibility index (Phi) is 2.07. The lowest BCUT2D eigenvalue weighted by molar-refractivity contribution is -0.155. The largest absolute Gasteiger partial charge is 0.456 e. The van der Waals surface area contributed by atoms with Gasteiger partial charge in [0.2, 0.25) is 0 Å². The highest BCUT2D eigenvalue weighted by molar-refractivity contribution is 5.81. The van der Waals surface area contributed by atoms with E-state index in [0.29, 0.717) is 11.8 Å². The van der Waals surface area contributed by atoms with Gasteiger partial charge in [-0.25, -0.2) is 4.79 Å². The van der Waals surface area contributed by atoms with Crippen LogP contribution in [0.2, 0.25) is 0 Å². The Balaban J connectivity index is 1.67. The third-order valence-electron chi connectivity index (χ3n) is 5.92. The molecule has 0 aromatic rings. The van der Waals surface area contributed by atoms with E-state index in [1.807, 2.05) is 0 Å². The number of hydrogen-bond donors (Lipinski definition) is 0. The molecule has 3 aliphatic carbocycles. The van der Waals surface area contributed by atoms with Crippen molar-refractivity contribution in [2.45, 2.75) is 50.4 Å². The molecule has 1 saturated heterocycles. The minimum Gasteiger partial charge on any atom is -0.456 e. The van der Waals surface area contributed by atoms with E-state index in [1.165, 1.54) is 31.8 Å². The average Bonchev–Trinajstić information content (AvgIpc) is 2.95. The normalized spacial score (nSPS) is 55.6. The zero-order valence-corrected chi connectivity index (χ0v) is 10.8. The van der Waals surface area contributed by atoms with Crippen molar-refractivity contribution in [3.8, 4) is 0 Å². The number of hydrogen-bond acceptors (Lipinski definition) is 3. The number of fused-ring (bicyclic) bond motifs is 2. The van der Waals surface area contributed by atoms with Crippen LogP contribution in [0, 0.1) is 23.7 Å². The van der Waals surface area contributed by atoms with E-state index in [4.69, 9.17) is 9.47 Å². The fourth-order valence-corrected chi connectivity index (χ4v) is 5.52. The summed E-state index contributed by atoms with van der Waals surface area (Å²) in [5, 5.41) is 0. The second-order valence-corrected chi connectivity index (χ2v) is 6.65. The molecule has 1 aliphatic heterocycles. The number of rotatable bonds is 2. The number of carbonyl (C=O) groups excluding carboxylic acids is 1. The molecule has 0 aromatic heterocycles. The SMILES string of the molecule is C=CC(=O)OC1C2CC3C1OC1(C)CCCC2C31.